The van der Waals surface area contributed by atoms with Crippen LogP contribution in [0, 0.1) is 17.5 Å². The molecule has 0 radical (unpaired) electrons. The van der Waals surface area contributed by atoms with E-state index >= 15 is 0 Å². The average Bonchev–Trinajstić information content (AvgIpc) is 2.23. The zero-order chi connectivity index (χ0) is 11.7. The first kappa shape index (κ1) is 10.4. The number of nitrogens with two attached hydrogens (primary N) is 1. The molecule has 1 aromatic heterocycles. The van der Waals surface area contributed by atoms with Crippen molar-refractivity contribution >= 4 is 5.82 Å². The Morgan fingerprint density at radius 2 is 1.56 bits per heavy atom. The molecule has 2 N–H and O–H groups in total. The van der Waals surface area contributed by atoms with Crippen LogP contribution in [0.25, 0.3) is 11.3 Å². The molecule has 1 aromatic carbocycles. The molecule has 3 nitrogen and oxygen atoms in total. The van der Waals surface area contributed by atoms with E-state index in [9.17, 15) is 13.2 Å². The molecule has 16 heavy (non-hydrogen) atoms. The van der Waals surface area contributed by atoms with Gasteiger partial charge in [0.25, 0.3) is 0 Å². The normalized spacial score (nSPS) is 10.4. The maximum atomic E-state index is 13.3. The number of anilines is 1. The molecule has 0 aliphatic rings. The van der Waals surface area contributed by atoms with Crippen molar-refractivity contribution in [3.05, 3.63) is 42.0 Å². The summed E-state index contributed by atoms with van der Waals surface area (Å²) in [6.45, 7) is 0. The molecular weight excluding hydrogens is 219 g/mol. The molecule has 6 heteroatoms. The highest BCUT2D eigenvalue weighted by Gasteiger charge is 2.12. The summed E-state index contributed by atoms with van der Waals surface area (Å²) < 4.78 is 39.0. The fourth-order valence-electron chi connectivity index (χ4n) is 1.24. The number of nitrogen functional groups attached to an aromatic ring is 1. The summed E-state index contributed by atoms with van der Waals surface area (Å²) >= 11 is 0. The van der Waals surface area contributed by atoms with Crippen LogP contribution in [-0.2, 0) is 0 Å². The molecule has 0 aliphatic heterocycles. The van der Waals surface area contributed by atoms with Crippen LogP contribution in [-0.4, -0.2) is 9.97 Å². The SMILES string of the molecule is Nc1cc(-c2cc(F)c(F)cc2F)ncn1. The second-order valence-corrected chi connectivity index (χ2v) is 3.07. The van der Waals surface area contributed by atoms with Crippen molar-refractivity contribution in [2.75, 3.05) is 5.73 Å². The Morgan fingerprint density at radius 3 is 2.25 bits per heavy atom. The minimum Gasteiger partial charge on any atom is -0.384 e. The van der Waals surface area contributed by atoms with E-state index < -0.39 is 17.5 Å². The van der Waals surface area contributed by atoms with E-state index in [1.807, 2.05) is 0 Å². The maximum absolute atomic E-state index is 13.3. The van der Waals surface area contributed by atoms with E-state index in [1.165, 1.54) is 6.07 Å². The van der Waals surface area contributed by atoms with Crippen molar-refractivity contribution < 1.29 is 13.2 Å². The lowest BCUT2D eigenvalue weighted by Gasteiger charge is -2.03. The van der Waals surface area contributed by atoms with Gasteiger partial charge in [-0.2, -0.15) is 0 Å². The Balaban J connectivity index is 2.60. The number of nitrogens with zero attached hydrogens (tertiary/aromatic N) is 2. The van der Waals surface area contributed by atoms with Crippen LogP contribution in [0.3, 0.4) is 0 Å². The van der Waals surface area contributed by atoms with Crippen molar-refractivity contribution in [2.24, 2.45) is 0 Å². The molecule has 0 saturated carbocycles. The molecule has 82 valence electrons. The summed E-state index contributed by atoms with van der Waals surface area (Å²) in [6.07, 6.45) is 1.12. The number of benzene rings is 1. The van der Waals surface area contributed by atoms with Gasteiger partial charge >= 0.3 is 0 Å². The van der Waals surface area contributed by atoms with Gasteiger partial charge in [-0.05, 0) is 6.07 Å². The summed E-state index contributed by atoms with van der Waals surface area (Å²) in [5, 5.41) is 0. The third-order valence-electron chi connectivity index (χ3n) is 1.97. The van der Waals surface area contributed by atoms with Crippen LogP contribution in [0.1, 0.15) is 0 Å². The number of aromatic nitrogens is 2. The van der Waals surface area contributed by atoms with Gasteiger partial charge < -0.3 is 5.73 Å². The minimum absolute atomic E-state index is 0.101. The van der Waals surface area contributed by atoms with Crippen LogP contribution in [0.5, 0.6) is 0 Å². The molecule has 2 rings (SSSR count). The molecule has 0 saturated heterocycles. The molecule has 0 bridgehead atoms. The minimum atomic E-state index is -1.25. The van der Waals surface area contributed by atoms with Gasteiger partial charge in [-0.3, -0.25) is 0 Å². The lowest BCUT2D eigenvalue weighted by atomic mass is 10.1. The largest absolute Gasteiger partial charge is 0.384 e. The number of hydrogen-bond acceptors (Lipinski definition) is 3. The summed E-state index contributed by atoms with van der Waals surface area (Å²) in [6, 6.07) is 2.46. The predicted molar refractivity (Wildman–Crippen MR) is 51.8 cm³/mol. The first-order chi connectivity index (χ1) is 7.58. The Kier molecular flexibility index (Phi) is 2.47. The molecule has 0 aliphatic carbocycles. The van der Waals surface area contributed by atoms with E-state index in [0.29, 0.717) is 6.07 Å². The predicted octanol–water partition coefficient (Wildman–Crippen LogP) is 2.14. The zero-order valence-corrected chi connectivity index (χ0v) is 7.92. The molecule has 2 aromatic rings. The average molecular weight is 225 g/mol. The monoisotopic (exact) mass is 225 g/mol. The quantitative estimate of drug-likeness (QED) is 0.756. The number of hydrogen-bond donors (Lipinski definition) is 1. The lowest BCUT2D eigenvalue weighted by Crippen LogP contribution is -1.96. The van der Waals surface area contributed by atoms with Gasteiger partial charge in [0, 0.05) is 17.7 Å². The molecule has 0 fully saturated rings. The van der Waals surface area contributed by atoms with Crippen molar-refractivity contribution in [3.8, 4) is 11.3 Å². The first-order valence-corrected chi connectivity index (χ1v) is 4.30. The number of rotatable bonds is 1. The van der Waals surface area contributed by atoms with Crippen molar-refractivity contribution in [1.29, 1.82) is 0 Å². The van der Waals surface area contributed by atoms with Gasteiger partial charge in [0.15, 0.2) is 11.6 Å². The molecule has 0 amide bonds. The first-order valence-electron chi connectivity index (χ1n) is 4.30. The smallest absolute Gasteiger partial charge is 0.161 e. The van der Waals surface area contributed by atoms with Crippen LogP contribution in [0.4, 0.5) is 19.0 Å². The van der Waals surface area contributed by atoms with Crippen molar-refractivity contribution in [1.82, 2.24) is 9.97 Å². The highest BCUT2D eigenvalue weighted by molar-refractivity contribution is 5.62. The van der Waals surface area contributed by atoms with Crippen LogP contribution >= 0.6 is 0 Å². The summed E-state index contributed by atoms with van der Waals surface area (Å²) in [4.78, 5) is 7.33. The van der Waals surface area contributed by atoms with Gasteiger partial charge in [-0.15, -0.1) is 0 Å². The molecule has 0 unspecified atom stereocenters. The summed E-state index contributed by atoms with van der Waals surface area (Å²) in [5.41, 5.74) is 5.31. The Hall–Kier alpha value is -2.11. The van der Waals surface area contributed by atoms with Crippen LogP contribution < -0.4 is 5.73 Å². The maximum Gasteiger partial charge on any atom is 0.161 e. The van der Waals surface area contributed by atoms with Crippen molar-refractivity contribution in [3.63, 3.8) is 0 Å². The van der Waals surface area contributed by atoms with Gasteiger partial charge in [-0.1, -0.05) is 0 Å². The fraction of sp³-hybridized carbons (Fsp3) is 0. The van der Waals surface area contributed by atoms with E-state index in [1.54, 1.807) is 0 Å². The third-order valence-corrected chi connectivity index (χ3v) is 1.97. The van der Waals surface area contributed by atoms with Crippen LogP contribution in [0.15, 0.2) is 24.5 Å². The van der Waals surface area contributed by atoms with Crippen molar-refractivity contribution in [2.45, 2.75) is 0 Å². The fourth-order valence-corrected chi connectivity index (χ4v) is 1.24. The van der Waals surface area contributed by atoms with E-state index in [4.69, 9.17) is 5.73 Å². The van der Waals surface area contributed by atoms with E-state index in [0.717, 1.165) is 12.4 Å². The van der Waals surface area contributed by atoms with E-state index in [-0.39, 0.29) is 17.1 Å². The second-order valence-electron chi connectivity index (χ2n) is 3.07. The highest BCUT2D eigenvalue weighted by atomic mass is 19.2. The summed E-state index contributed by atoms with van der Waals surface area (Å²) in [5.74, 6) is -3.18. The molecule has 0 spiro atoms. The highest BCUT2D eigenvalue weighted by Crippen LogP contribution is 2.23. The zero-order valence-electron chi connectivity index (χ0n) is 7.92. The second kappa shape index (κ2) is 3.80. The van der Waals surface area contributed by atoms with Gasteiger partial charge in [-0.25, -0.2) is 23.1 Å². The molecular formula is C10H6F3N3. The Bertz CT molecular complexity index is 543. The topological polar surface area (TPSA) is 51.8 Å². The Morgan fingerprint density at radius 1 is 0.875 bits per heavy atom. The van der Waals surface area contributed by atoms with Crippen LogP contribution in [0.2, 0.25) is 0 Å². The number of halogens is 3. The third kappa shape index (κ3) is 1.81. The summed E-state index contributed by atoms with van der Waals surface area (Å²) in [7, 11) is 0. The van der Waals surface area contributed by atoms with Gasteiger partial charge in [0.05, 0.1) is 5.69 Å². The molecule has 0 atom stereocenters. The van der Waals surface area contributed by atoms with E-state index in [2.05, 4.69) is 9.97 Å². The molecule has 1 heterocycles. The standard InChI is InChI=1S/C10H6F3N3/c11-6-2-8(13)7(12)1-5(6)9-3-10(14)16-4-15-9/h1-4H,(H2,14,15,16). The lowest BCUT2D eigenvalue weighted by molar-refractivity contribution is 0.496. The van der Waals surface area contributed by atoms with Gasteiger partial charge in [0.2, 0.25) is 0 Å². The van der Waals surface area contributed by atoms with Gasteiger partial charge in [0.1, 0.15) is 18.0 Å². The Labute approximate surface area is 88.8 Å².